The zero-order valence-electron chi connectivity index (χ0n) is 7.94. The van der Waals surface area contributed by atoms with E-state index < -0.39 is 0 Å². The molecule has 12 heavy (non-hydrogen) atoms. The molecule has 0 spiro atoms. The van der Waals surface area contributed by atoms with Gasteiger partial charge >= 0.3 is 0 Å². The molecule has 0 aliphatic rings. The van der Waals surface area contributed by atoms with Gasteiger partial charge in [-0.2, -0.15) is 0 Å². The van der Waals surface area contributed by atoms with Gasteiger partial charge in [0.05, 0.1) is 0 Å². The second-order valence-electron chi connectivity index (χ2n) is 2.71. The van der Waals surface area contributed by atoms with Gasteiger partial charge in [-0.15, -0.1) is 10.2 Å². The molecule has 6 heteroatoms. The van der Waals surface area contributed by atoms with Crippen molar-refractivity contribution < 1.29 is 0 Å². The highest BCUT2D eigenvalue weighted by Crippen LogP contribution is 1.88. The van der Waals surface area contributed by atoms with Crippen LogP contribution in [0.25, 0.3) is 0 Å². The fourth-order valence-electron chi connectivity index (χ4n) is 0.681. The van der Waals surface area contributed by atoms with Gasteiger partial charge < -0.3 is 21.3 Å². The van der Waals surface area contributed by atoms with Gasteiger partial charge in [0.15, 0.2) is 0 Å². The summed E-state index contributed by atoms with van der Waals surface area (Å²) in [6, 6.07) is 0. The summed E-state index contributed by atoms with van der Waals surface area (Å²) in [5, 5.41) is 7.37. The minimum Gasteiger partial charge on any atom is -0.369 e. The molecule has 0 aromatic rings. The molecule has 0 aliphatic heterocycles. The van der Waals surface area contributed by atoms with Crippen molar-refractivity contribution in [1.29, 1.82) is 0 Å². The summed E-state index contributed by atoms with van der Waals surface area (Å²) < 4.78 is 0. The second-order valence-corrected chi connectivity index (χ2v) is 2.71. The maximum Gasteiger partial charge on any atom is 0.220 e. The molecule has 0 atom stereocenters. The first-order chi connectivity index (χ1) is 5.45. The average Bonchev–Trinajstić information content (AvgIpc) is 1.84. The number of hydrogen-bond donors (Lipinski definition) is 2. The van der Waals surface area contributed by atoms with Gasteiger partial charge in [-0.3, -0.25) is 0 Å². The third-order valence-electron chi connectivity index (χ3n) is 1.05. The molecule has 0 amide bonds. The highest BCUT2D eigenvalue weighted by Gasteiger charge is 2.02. The molecule has 0 rings (SSSR count). The Morgan fingerprint density at radius 3 is 1.58 bits per heavy atom. The predicted octanol–water partition coefficient (Wildman–Crippen LogP) is -1.35. The molecular formula is C6H16N6. The number of guanidine groups is 2. The molecule has 0 aromatic carbocycles. The molecule has 0 aliphatic carbocycles. The highest BCUT2D eigenvalue weighted by atomic mass is 15.4. The van der Waals surface area contributed by atoms with Crippen molar-refractivity contribution >= 4 is 11.9 Å². The van der Waals surface area contributed by atoms with Crippen LogP contribution in [-0.4, -0.2) is 49.9 Å². The van der Waals surface area contributed by atoms with Crippen molar-refractivity contribution in [2.24, 2.45) is 21.7 Å². The van der Waals surface area contributed by atoms with Crippen molar-refractivity contribution in [3.05, 3.63) is 0 Å². The predicted molar refractivity (Wildman–Crippen MR) is 50.6 cm³/mol. The minimum absolute atomic E-state index is 0.0452. The molecule has 0 heterocycles. The first-order valence-corrected chi connectivity index (χ1v) is 3.46. The SMILES string of the molecule is CN(C)C(=NN=C(N)N)N(C)C. The molecule has 0 saturated carbocycles. The van der Waals surface area contributed by atoms with Gasteiger partial charge in [-0.1, -0.05) is 0 Å². The third-order valence-corrected chi connectivity index (χ3v) is 1.05. The van der Waals surface area contributed by atoms with Gasteiger partial charge in [0.2, 0.25) is 11.9 Å². The van der Waals surface area contributed by atoms with Crippen LogP contribution in [0.4, 0.5) is 0 Å². The van der Waals surface area contributed by atoms with Crippen molar-refractivity contribution in [2.75, 3.05) is 28.2 Å². The van der Waals surface area contributed by atoms with Crippen LogP contribution in [0.2, 0.25) is 0 Å². The van der Waals surface area contributed by atoms with Gasteiger partial charge in [0, 0.05) is 28.2 Å². The smallest absolute Gasteiger partial charge is 0.220 e. The van der Waals surface area contributed by atoms with Gasteiger partial charge in [-0.25, -0.2) is 0 Å². The standard InChI is InChI=1S/C6H16N6/c1-11(2)6(12(3)4)10-9-5(7)8/h1-4H3,(H4,7,8,9). The summed E-state index contributed by atoms with van der Waals surface area (Å²) in [6.45, 7) is 0. The Bertz CT molecular complexity index is 178. The second kappa shape index (κ2) is 4.42. The summed E-state index contributed by atoms with van der Waals surface area (Å²) >= 11 is 0. The van der Waals surface area contributed by atoms with E-state index in [1.54, 1.807) is 0 Å². The van der Waals surface area contributed by atoms with Crippen molar-refractivity contribution in [2.45, 2.75) is 0 Å². The van der Waals surface area contributed by atoms with Crippen LogP contribution < -0.4 is 11.5 Å². The zero-order chi connectivity index (χ0) is 9.72. The number of hydrogen-bond acceptors (Lipinski definition) is 2. The van der Waals surface area contributed by atoms with Crippen molar-refractivity contribution in [1.82, 2.24) is 9.80 Å². The van der Waals surface area contributed by atoms with Crippen LogP contribution in [0.5, 0.6) is 0 Å². The Morgan fingerprint density at radius 1 is 0.917 bits per heavy atom. The average molecular weight is 172 g/mol. The molecular weight excluding hydrogens is 156 g/mol. The maximum atomic E-state index is 5.12. The summed E-state index contributed by atoms with van der Waals surface area (Å²) in [4.78, 5) is 3.62. The van der Waals surface area contributed by atoms with E-state index in [4.69, 9.17) is 11.5 Å². The quantitative estimate of drug-likeness (QED) is 0.291. The van der Waals surface area contributed by atoms with Crippen molar-refractivity contribution in [3.8, 4) is 0 Å². The number of nitrogens with zero attached hydrogens (tertiary/aromatic N) is 4. The first kappa shape index (κ1) is 10.5. The first-order valence-electron chi connectivity index (χ1n) is 3.46. The van der Waals surface area contributed by atoms with E-state index in [0.29, 0.717) is 5.96 Å². The Hall–Kier alpha value is -1.46. The number of rotatable bonds is 1. The monoisotopic (exact) mass is 172 g/mol. The molecule has 70 valence electrons. The van der Waals surface area contributed by atoms with Crippen LogP contribution >= 0.6 is 0 Å². The highest BCUT2D eigenvalue weighted by molar-refractivity contribution is 5.81. The molecule has 0 bridgehead atoms. The lowest BCUT2D eigenvalue weighted by atomic mass is 10.7. The van der Waals surface area contributed by atoms with E-state index in [-0.39, 0.29) is 5.96 Å². The molecule has 0 aromatic heterocycles. The van der Waals surface area contributed by atoms with Crippen LogP contribution in [0.15, 0.2) is 10.2 Å². The third kappa shape index (κ3) is 3.65. The largest absolute Gasteiger partial charge is 0.369 e. The van der Waals surface area contributed by atoms with Crippen LogP contribution in [-0.2, 0) is 0 Å². The van der Waals surface area contributed by atoms with E-state index in [1.165, 1.54) is 0 Å². The summed E-state index contributed by atoms with van der Waals surface area (Å²) in [5.41, 5.74) is 10.2. The lowest BCUT2D eigenvalue weighted by Gasteiger charge is -2.20. The summed E-state index contributed by atoms with van der Waals surface area (Å²) in [6.07, 6.45) is 0. The molecule has 0 unspecified atom stereocenters. The van der Waals surface area contributed by atoms with E-state index in [9.17, 15) is 0 Å². The summed E-state index contributed by atoms with van der Waals surface area (Å²) in [7, 11) is 7.45. The van der Waals surface area contributed by atoms with Crippen molar-refractivity contribution in [3.63, 3.8) is 0 Å². The summed E-state index contributed by atoms with van der Waals surface area (Å²) in [5.74, 6) is 0.639. The zero-order valence-corrected chi connectivity index (χ0v) is 7.94. The molecule has 6 nitrogen and oxygen atoms in total. The Labute approximate surface area is 72.5 Å². The van der Waals surface area contributed by atoms with Gasteiger partial charge in [0.1, 0.15) is 0 Å². The Kier molecular flexibility index (Phi) is 3.89. The van der Waals surface area contributed by atoms with E-state index in [1.807, 2.05) is 38.0 Å². The molecule has 4 N–H and O–H groups in total. The van der Waals surface area contributed by atoms with Crippen LogP contribution in [0, 0.1) is 0 Å². The lowest BCUT2D eigenvalue weighted by molar-refractivity contribution is 0.480. The number of nitrogens with two attached hydrogens (primary N) is 2. The normalized spacial score (nSPS) is 8.67. The van der Waals surface area contributed by atoms with E-state index in [2.05, 4.69) is 10.2 Å². The Morgan fingerprint density at radius 2 is 1.33 bits per heavy atom. The minimum atomic E-state index is -0.0452. The van der Waals surface area contributed by atoms with Crippen LogP contribution in [0.3, 0.4) is 0 Å². The fraction of sp³-hybridized carbons (Fsp3) is 0.667. The lowest BCUT2D eigenvalue weighted by Crippen LogP contribution is -2.35. The van der Waals surface area contributed by atoms with Gasteiger partial charge in [-0.05, 0) is 0 Å². The molecule has 0 fully saturated rings. The molecule has 0 saturated heterocycles. The van der Waals surface area contributed by atoms with E-state index in [0.717, 1.165) is 0 Å². The van der Waals surface area contributed by atoms with Crippen LogP contribution in [0.1, 0.15) is 0 Å². The Balaban J connectivity index is 4.51. The maximum absolute atomic E-state index is 5.12. The van der Waals surface area contributed by atoms with E-state index >= 15 is 0 Å². The molecule has 0 radical (unpaired) electrons. The topological polar surface area (TPSA) is 83.2 Å². The fourth-order valence-corrected chi connectivity index (χ4v) is 0.681. The van der Waals surface area contributed by atoms with Gasteiger partial charge in [0.25, 0.3) is 0 Å².